The molecule has 0 aromatic rings. The van der Waals surface area contributed by atoms with Gasteiger partial charge >= 0.3 is 0 Å². The second-order valence-corrected chi connectivity index (χ2v) is 13.5. The summed E-state index contributed by atoms with van der Waals surface area (Å²) >= 11 is 0. The van der Waals surface area contributed by atoms with Crippen molar-refractivity contribution in [2.24, 2.45) is 16.7 Å². The van der Waals surface area contributed by atoms with Gasteiger partial charge in [-0.3, -0.25) is 4.79 Å². The summed E-state index contributed by atoms with van der Waals surface area (Å²) in [6.07, 6.45) is 11.0. The monoisotopic (exact) mass is 362 g/mol. The highest BCUT2D eigenvalue weighted by atomic mass is 28.4. The Morgan fingerprint density at radius 2 is 1.88 bits per heavy atom. The lowest BCUT2D eigenvalue weighted by atomic mass is 9.50. The maximum Gasteiger partial charge on any atom is 0.192 e. The van der Waals surface area contributed by atoms with Crippen molar-refractivity contribution in [2.75, 3.05) is 0 Å². The Morgan fingerprint density at radius 3 is 2.40 bits per heavy atom. The standard InChI is InChI=1S/C22H38O2Si/c1-7-14-22(6)19-12-11-18(17-23)16-21(19,5)15-13-20(22)24-25(8-2,9-3)10-4/h7,16-17,19-20H,1,8-15H2,2-6H3/t19-,20-,21-,22+/m1/s1. The number of carbonyl (C=O) groups excluding carboxylic acids is 1. The van der Waals surface area contributed by atoms with Crippen LogP contribution in [-0.2, 0) is 9.22 Å². The van der Waals surface area contributed by atoms with Gasteiger partial charge in [-0.1, -0.05) is 46.8 Å². The summed E-state index contributed by atoms with van der Waals surface area (Å²) in [5, 5.41) is 0. The van der Waals surface area contributed by atoms with E-state index < -0.39 is 8.32 Å². The van der Waals surface area contributed by atoms with E-state index in [1.165, 1.54) is 18.1 Å². The van der Waals surface area contributed by atoms with Crippen molar-refractivity contribution in [2.45, 2.75) is 91.0 Å². The molecule has 0 N–H and O–H groups in total. The van der Waals surface area contributed by atoms with E-state index in [1.807, 2.05) is 0 Å². The van der Waals surface area contributed by atoms with E-state index in [-0.39, 0.29) is 10.8 Å². The minimum Gasteiger partial charge on any atom is -0.413 e. The summed E-state index contributed by atoms with van der Waals surface area (Å²) < 4.78 is 7.04. The SMILES string of the molecule is C=CC[C@]1(C)[C@H](O[Si](CC)(CC)CC)CC[C@]2(C)C=C(C=O)CC[C@@H]12. The van der Waals surface area contributed by atoms with Crippen LogP contribution >= 0.6 is 0 Å². The van der Waals surface area contributed by atoms with Crippen molar-refractivity contribution in [3.05, 3.63) is 24.3 Å². The van der Waals surface area contributed by atoms with E-state index in [4.69, 9.17) is 4.43 Å². The molecule has 142 valence electrons. The number of allylic oxidation sites excluding steroid dienone is 3. The normalized spacial score (nSPS) is 35.6. The van der Waals surface area contributed by atoms with Crippen LogP contribution in [0.4, 0.5) is 0 Å². The number of aldehydes is 1. The molecule has 0 unspecified atom stereocenters. The highest BCUT2D eigenvalue weighted by Crippen LogP contribution is 2.59. The molecule has 0 amide bonds. The second-order valence-electron chi connectivity index (χ2n) is 8.82. The zero-order valence-electron chi connectivity index (χ0n) is 17.1. The predicted octanol–water partition coefficient (Wildman–Crippen LogP) is 6.29. The molecule has 1 fully saturated rings. The van der Waals surface area contributed by atoms with E-state index in [0.29, 0.717) is 12.0 Å². The lowest BCUT2D eigenvalue weighted by molar-refractivity contribution is -0.106. The summed E-state index contributed by atoms with van der Waals surface area (Å²) in [6.45, 7) is 15.8. The fourth-order valence-electron chi connectivity index (χ4n) is 5.74. The third kappa shape index (κ3) is 3.73. The molecule has 1 saturated carbocycles. The van der Waals surface area contributed by atoms with Crippen molar-refractivity contribution in [1.82, 2.24) is 0 Å². The molecule has 0 spiro atoms. The fourth-order valence-corrected chi connectivity index (χ4v) is 8.73. The predicted molar refractivity (Wildman–Crippen MR) is 109 cm³/mol. The molecule has 0 bridgehead atoms. The first-order chi connectivity index (χ1) is 11.8. The molecule has 2 aliphatic carbocycles. The molecule has 25 heavy (non-hydrogen) atoms. The molecular formula is C22H38O2Si. The quantitative estimate of drug-likeness (QED) is 0.288. The molecule has 0 heterocycles. The van der Waals surface area contributed by atoms with Crippen molar-refractivity contribution >= 4 is 14.6 Å². The van der Waals surface area contributed by atoms with Gasteiger partial charge in [-0.25, -0.2) is 0 Å². The van der Waals surface area contributed by atoms with E-state index >= 15 is 0 Å². The zero-order valence-corrected chi connectivity index (χ0v) is 18.1. The lowest BCUT2D eigenvalue weighted by Gasteiger charge is -2.58. The number of fused-ring (bicyclic) bond motifs is 1. The molecular weight excluding hydrogens is 324 g/mol. The van der Waals surface area contributed by atoms with Gasteiger partial charge in [-0.15, -0.1) is 6.58 Å². The van der Waals surface area contributed by atoms with Gasteiger partial charge in [0.2, 0.25) is 0 Å². The second kappa shape index (κ2) is 7.92. The average molecular weight is 363 g/mol. The third-order valence-corrected chi connectivity index (χ3v) is 12.2. The molecule has 3 heteroatoms. The van der Waals surface area contributed by atoms with Crippen LogP contribution < -0.4 is 0 Å². The molecule has 0 saturated heterocycles. The van der Waals surface area contributed by atoms with Crippen LogP contribution in [-0.4, -0.2) is 20.7 Å². The van der Waals surface area contributed by atoms with Crippen LogP contribution in [0.15, 0.2) is 24.3 Å². The average Bonchev–Trinajstić information content (AvgIpc) is 2.61. The van der Waals surface area contributed by atoms with Gasteiger partial charge < -0.3 is 4.43 Å². The van der Waals surface area contributed by atoms with Gasteiger partial charge in [0.25, 0.3) is 0 Å². The first-order valence-electron chi connectivity index (χ1n) is 10.3. The van der Waals surface area contributed by atoms with E-state index in [0.717, 1.165) is 44.0 Å². The topological polar surface area (TPSA) is 26.3 Å². The highest BCUT2D eigenvalue weighted by molar-refractivity contribution is 6.73. The first kappa shape index (κ1) is 20.6. The minimum absolute atomic E-state index is 0.122. The number of hydrogen-bond acceptors (Lipinski definition) is 2. The fraction of sp³-hybridized carbons (Fsp3) is 0.773. The van der Waals surface area contributed by atoms with Crippen molar-refractivity contribution in [3.63, 3.8) is 0 Å². The Kier molecular flexibility index (Phi) is 6.53. The van der Waals surface area contributed by atoms with Gasteiger partial charge in [-0.05, 0) is 72.6 Å². The van der Waals surface area contributed by atoms with Crippen LogP contribution in [0.5, 0.6) is 0 Å². The summed E-state index contributed by atoms with van der Waals surface area (Å²) in [5.41, 5.74) is 1.25. The summed E-state index contributed by atoms with van der Waals surface area (Å²) in [7, 11) is -1.63. The van der Waals surface area contributed by atoms with Crippen LogP contribution in [0.2, 0.25) is 18.1 Å². The number of carbonyl (C=O) groups is 1. The van der Waals surface area contributed by atoms with Crippen LogP contribution in [0.3, 0.4) is 0 Å². The smallest absolute Gasteiger partial charge is 0.192 e. The third-order valence-electron chi connectivity index (χ3n) is 7.57. The van der Waals surface area contributed by atoms with Crippen molar-refractivity contribution in [1.29, 1.82) is 0 Å². The van der Waals surface area contributed by atoms with Gasteiger partial charge in [0, 0.05) is 0 Å². The molecule has 2 aliphatic rings. The Hall–Kier alpha value is -0.673. The van der Waals surface area contributed by atoms with E-state index in [2.05, 4.69) is 53.3 Å². The minimum atomic E-state index is -1.63. The maximum absolute atomic E-state index is 11.3. The molecule has 0 aliphatic heterocycles. The van der Waals surface area contributed by atoms with E-state index in [9.17, 15) is 4.79 Å². The summed E-state index contributed by atoms with van der Waals surface area (Å²) in [4.78, 5) is 11.3. The Balaban J connectivity index is 2.37. The number of rotatable bonds is 8. The van der Waals surface area contributed by atoms with E-state index in [1.54, 1.807) is 0 Å². The van der Waals surface area contributed by atoms with Gasteiger partial charge in [0.15, 0.2) is 8.32 Å². The summed E-state index contributed by atoms with van der Waals surface area (Å²) in [6, 6.07) is 3.62. The molecule has 0 radical (unpaired) electrons. The maximum atomic E-state index is 11.3. The van der Waals surface area contributed by atoms with Crippen molar-refractivity contribution in [3.8, 4) is 0 Å². The largest absolute Gasteiger partial charge is 0.413 e. The van der Waals surface area contributed by atoms with Crippen LogP contribution in [0.1, 0.15) is 66.7 Å². The Labute approximate surface area is 156 Å². The van der Waals surface area contributed by atoms with Crippen LogP contribution in [0.25, 0.3) is 0 Å². The Bertz CT molecular complexity index is 514. The lowest BCUT2D eigenvalue weighted by Crippen LogP contribution is -2.56. The molecule has 2 nitrogen and oxygen atoms in total. The summed E-state index contributed by atoms with van der Waals surface area (Å²) in [5.74, 6) is 0.567. The van der Waals surface area contributed by atoms with Crippen LogP contribution in [0, 0.1) is 16.7 Å². The van der Waals surface area contributed by atoms with Crippen molar-refractivity contribution < 1.29 is 9.22 Å². The number of hydrogen-bond donors (Lipinski definition) is 0. The highest BCUT2D eigenvalue weighted by Gasteiger charge is 2.54. The van der Waals surface area contributed by atoms with Gasteiger partial charge in [0.1, 0.15) is 6.29 Å². The van der Waals surface area contributed by atoms with Gasteiger partial charge in [-0.2, -0.15) is 0 Å². The molecule has 0 aromatic heterocycles. The molecule has 0 aromatic carbocycles. The van der Waals surface area contributed by atoms with Gasteiger partial charge in [0.05, 0.1) is 6.10 Å². The first-order valence-corrected chi connectivity index (χ1v) is 12.8. The molecule has 4 atom stereocenters. The Morgan fingerprint density at radius 1 is 1.24 bits per heavy atom. The zero-order chi connectivity index (χ0) is 18.7. The molecule has 2 rings (SSSR count).